The molecule has 2 fully saturated rings. The number of carbonyl (C=O) groups is 2. The summed E-state index contributed by atoms with van der Waals surface area (Å²) in [6, 6.07) is 6.89. The van der Waals surface area contributed by atoms with Gasteiger partial charge >= 0.3 is 0 Å². The molecule has 0 N–H and O–H groups in total. The normalized spacial score (nSPS) is 34.5. The fraction of sp³-hybridized carbons (Fsp3) is 0.429. The Bertz CT molecular complexity index is 543. The van der Waals surface area contributed by atoms with Crippen LogP contribution in [0.15, 0.2) is 24.3 Å². The molecule has 1 aromatic carbocycles. The number of carbonyl (C=O) groups excluding carboxylic acids is 2. The van der Waals surface area contributed by atoms with E-state index in [1.165, 1.54) is 4.90 Å². The number of halogens is 1. The van der Waals surface area contributed by atoms with Crippen molar-refractivity contribution in [3.8, 4) is 0 Å². The van der Waals surface area contributed by atoms with Crippen LogP contribution in [0, 0.1) is 10.8 Å². The van der Waals surface area contributed by atoms with Crippen LogP contribution in [0.2, 0.25) is 5.02 Å². The van der Waals surface area contributed by atoms with Crippen molar-refractivity contribution in [2.75, 3.05) is 4.90 Å². The summed E-state index contributed by atoms with van der Waals surface area (Å²) in [4.78, 5) is 26.3. The number of anilines is 1. The van der Waals surface area contributed by atoms with Crippen LogP contribution < -0.4 is 4.90 Å². The maximum atomic E-state index is 12.5. The average Bonchev–Trinajstić information content (AvgIpc) is 2.43. The summed E-state index contributed by atoms with van der Waals surface area (Å²) in [6.45, 7) is 3.78. The summed E-state index contributed by atoms with van der Waals surface area (Å²) in [5.74, 6) is -0.188. The average molecular weight is 264 g/mol. The van der Waals surface area contributed by atoms with E-state index in [9.17, 15) is 9.59 Å². The second-order valence-corrected chi connectivity index (χ2v) is 6.03. The maximum absolute atomic E-state index is 12.5. The number of benzene rings is 1. The summed E-state index contributed by atoms with van der Waals surface area (Å²) in [6.07, 6.45) is 1.57. The quantitative estimate of drug-likeness (QED) is 0.731. The second-order valence-electron chi connectivity index (χ2n) is 5.59. The minimum atomic E-state index is -0.535. The van der Waals surface area contributed by atoms with Gasteiger partial charge in [0.25, 0.3) is 0 Å². The zero-order chi connectivity index (χ0) is 13.1. The van der Waals surface area contributed by atoms with Gasteiger partial charge in [-0.1, -0.05) is 17.7 Å². The number of hydrogen-bond donors (Lipinski definition) is 0. The van der Waals surface area contributed by atoms with E-state index in [0.29, 0.717) is 10.7 Å². The Hall–Kier alpha value is -1.35. The molecule has 2 atom stereocenters. The molecule has 1 aliphatic heterocycles. The second kappa shape index (κ2) is 3.35. The molecule has 2 unspecified atom stereocenters. The first kappa shape index (κ1) is 11.7. The molecular formula is C14H14ClNO2. The Morgan fingerprint density at radius 3 is 2.11 bits per heavy atom. The van der Waals surface area contributed by atoms with Crippen molar-refractivity contribution in [1.82, 2.24) is 0 Å². The number of nitrogens with zero attached hydrogens (tertiary/aromatic N) is 1. The van der Waals surface area contributed by atoms with Crippen molar-refractivity contribution in [3.63, 3.8) is 0 Å². The van der Waals surface area contributed by atoms with Gasteiger partial charge in [-0.25, -0.2) is 4.90 Å². The Balaban J connectivity index is 2.10. The Morgan fingerprint density at radius 2 is 1.67 bits per heavy atom. The Morgan fingerprint density at radius 1 is 1.11 bits per heavy atom. The minimum absolute atomic E-state index is 0.0940. The van der Waals surface area contributed by atoms with Crippen LogP contribution in [0.25, 0.3) is 0 Å². The number of amides is 2. The van der Waals surface area contributed by atoms with Gasteiger partial charge in [-0.2, -0.15) is 0 Å². The lowest BCUT2D eigenvalue weighted by molar-refractivity contribution is -0.145. The topological polar surface area (TPSA) is 37.4 Å². The first-order valence-corrected chi connectivity index (χ1v) is 6.42. The fourth-order valence-corrected chi connectivity index (χ4v) is 3.18. The largest absolute Gasteiger partial charge is 0.273 e. The van der Waals surface area contributed by atoms with Gasteiger partial charge in [-0.3, -0.25) is 9.59 Å². The summed E-state index contributed by atoms with van der Waals surface area (Å²) in [5, 5.41) is 0.530. The van der Waals surface area contributed by atoms with E-state index in [2.05, 4.69) is 0 Å². The molecule has 0 radical (unpaired) electrons. The van der Waals surface area contributed by atoms with Crippen molar-refractivity contribution in [1.29, 1.82) is 0 Å². The van der Waals surface area contributed by atoms with Crippen LogP contribution >= 0.6 is 11.6 Å². The zero-order valence-corrected chi connectivity index (χ0v) is 11.1. The molecule has 18 heavy (non-hydrogen) atoms. The molecule has 0 aromatic heterocycles. The molecule has 2 aliphatic rings. The highest BCUT2D eigenvalue weighted by Gasteiger charge is 2.70. The minimum Gasteiger partial charge on any atom is -0.273 e. The van der Waals surface area contributed by atoms with Crippen LogP contribution in [-0.2, 0) is 9.59 Å². The molecule has 2 amide bonds. The van der Waals surface area contributed by atoms with Gasteiger partial charge in [0.1, 0.15) is 0 Å². The summed E-state index contributed by atoms with van der Waals surface area (Å²) in [7, 11) is 0. The number of rotatable bonds is 1. The van der Waals surface area contributed by atoms with E-state index in [0.717, 1.165) is 12.8 Å². The highest BCUT2D eigenvalue weighted by atomic mass is 35.5. The standard InChI is InChI=1S/C14H14ClNO2/c1-13-6-7-14(13,2)12(18)16(11(13)17)10-5-3-4-9(15)8-10/h3-5,8H,6-7H2,1-2H3. The molecule has 1 heterocycles. The lowest BCUT2D eigenvalue weighted by Gasteiger charge is -2.46. The van der Waals surface area contributed by atoms with E-state index in [-0.39, 0.29) is 11.8 Å². The van der Waals surface area contributed by atoms with Gasteiger partial charge in [-0.05, 0) is 44.9 Å². The first-order chi connectivity index (χ1) is 8.40. The van der Waals surface area contributed by atoms with Gasteiger partial charge in [-0.15, -0.1) is 0 Å². The first-order valence-electron chi connectivity index (χ1n) is 6.05. The lowest BCUT2D eigenvalue weighted by Crippen LogP contribution is -2.49. The molecule has 3 nitrogen and oxygen atoms in total. The van der Waals surface area contributed by atoms with Gasteiger partial charge < -0.3 is 0 Å². The number of hydrogen-bond acceptors (Lipinski definition) is 2. The lowest BCUT2D eigenvalue weighted by atomic mass is 9.52. The van der Waals surface area contributed by atoms with E-state index in [1.807, 2.05) is 13.8 Å². The van der Waals surface area contributed by atoms with Crippen LogP contribution in [0.3, 0.4) is 0 Å². The molecule has 0 spiro atoms. The van der Waals surface area contributed by atoms with E-state index >= 15 is 0 Å². The van der Waals surface area contributed by atoms with Gasteiger partial charge in [0, 0.05) is 5.02 Å². The summed E-state index contributed by atoms with van der Waals surface area (Å²) >= 11 is 5.93. The van der Waals surface area contributed by atoms with Crippen LogP contribution in [0.4, 0.5) is 5.69 Å². The highest BCUT2D eigenvalue weighted by Crippen LogP contribution is 2.62. The van der Waals surface area contributed by atoms with Crippen molar-refractivity contribution in [2.45, 2.75) is 26.7 Å². The maximum Gasteiger partial charge on any atom is 0.240 e. The molecule has 0 bridgehead atoms. The summed E-state index contributed by atoms with van der Waals surface area (Å²) < 4.78 is 0. The Labute approximate surface area is 111 Å². The molecule has 4 heteroatoms. The monoisotopic (exact) mass is 263 g/mol. The smallest absolute Gasteiger partial charge is 0.240 e. The van der Waals surface area contributed by atoms with Crippen molar-refractivity contribution in [2.24, 2.45) is 10.8 Å². The molecule has 1 aliphatic carbocycles. The molecule has 94 valence electrons. The summed E-state index contributed by atoms with van der Waals surface area (Å²) in [5.41, 5.74) is -0.493. The van der Waals surface area contributed by atoms with Crippen LogP contribution in [0.5, 0.6) is 0 Å². The Kier molecular flexibility index (Phi) is 2.18. The fourth-order valence-electron chi connectivity index (χ4n) is 3.00. The molecular weight excluding hydrogens is 250 g/mol. The van der Waals surface area contributed by atoms with Crippen molar-refractivity contribution in [3.05, 3.63) is 29.3 Å². The number of imide groups is 1. The third-order valence-corrected chi connectivity index (χ3v) is 4.99. The SMILES string of the molecule is CC12CCC1(C)C(=O)N(c1cccc(Cl)c1)C2=O. The highest BCUT2D eigenvalue weighted by molar-refractivity contribution is 6.31. The zero-order valence-electron chi connectivity index (χ0n) is 10.4. The molecule has 1 aromatic rings. The van der Waals surface area contributed by atoms with Gasteiger partial charge in [0.2, 0.25) is 11.8 Å². The van der Waals surface area contributed by atoms with E-state index in [1.54, 1.807) is 24.3 Å². The van der Waals surface area contributed by atoms with Crippen molar-refractivity contribution >= 4 is 29.1 Å². The third-order valence-electron chi connectivity index (χ3n) is 4.76. The van der Waals surface area contributed by atoms with E-state index < -0.39 is 10.8 Å². The molecule has 3 rings (SSSR count). The predicted octanol–water partition coefficient (Wildman–Crippen LogP) is 3.02. The van der Waals surface area contributed by atoms with Gasteiger partial charge in [0.15, 0.2) is 0 Å². The van der Waals surface area contributed by atoms with Gasteiger partial charge in [0.05, 0.1) is 16.5 Å². The number of fused-ring (bicyclic) bond motifs is 1. The van der Waals surface area contributed by atoms with E-state index in [4.69, 9.17) is 11.6 Å². The predicted molar refractivity (Wildman–Crippen MR) is 69.4 cm³/mol. The van der Waals surface area contributed by atoms with Crippen LogP contribution in [-0.4, -0.2) is 11.8 Å². The van der Waals surface area contributed by atoms with Crippen molar-refractivity contribution < 1.29 is 9.59 Å². The molecule has 1 saturated carbocycles. The third kappa shape index (κ3) is 1.15. The molecule has 1 saturated heterocycles. The van der Waals surface area contributed by atoms with Crippen LogP contribution in [0.1, 0.15) is 26.7 Å².